The molecule has 0 unspecified atom stereocenters. The van der Waals surface area contributed by atoms with Crippen LogP contribution in [0.4, 0.5) is 0 Å². The van der Waals surface area contributed by atoms with Crippen LogP contribution in [0.3, 0.4) is 0 Å². The Bertz CT molecular complexity index is 701. The highest BCUT2D eigenvalue weighted by Crippen LogP contribution is 2.15. The number of para-hydroxylation sites is 1. The fraction of sp³-hybridized carbons (Fsp3) is 0.0667. The van der Waals surface area contributed by atoms with Crippen molar-refractivity contribution in [2.75, 3.05) is 6.61 Å². The van der Waals surface area contributed by atoms with Crippen molar-refractivity contribution in [3.8, 4) is 18.1 Å². The number of carbonyl (C=O) groups is 1. The number of benzene rings is 1. The summed E-state index contributed by atoms with van der Waals surface area (Å²) in [4.78, 5) is 14.6. The molecule has 106 valence electrons. The molecule has 21 heavy (non-hydrogen) atoms. The zero-order chi connectivity index (χ0) is 15.1. The second-order valence-corrected chi connectivity index (χ2v) is 4.88. The van der Waals surface area contributed by atoms with Crippen molar-refractivity contribution in [3.05, 3.63) is 52.3 Å². The molecule has 0 fully saturated rings. The molecular weight excluding hydrogens is 334 g/mol. The summed E-state index contributed by atoms with van der Waals surface area (Å²) >= 11 is 3.26. The van der Waals surface area contributed by atoms with E-state index < -0.39 is 0 Å². The van der Waals surface area contributed by atoms with E-state index in [1.54, 1.807) is 18.3 Å². The standard InChI is InChI=1S/C15H12BrN3O2/c1-2-7-21-14-6-4-3-5-11(14)9-18-19-15(20)13-8-12(16)10-17-13/h1,3-6,8-10,17H,7H2,(H,19,20)/b18-9-. The molecule has 0 bridgehead atoms. The van der Waals surface area contributed by atoms with Crippen molar-refractivity contribution in [2.24, 2.45) is 5.10 Å². The molecule has 2 rings (SSSR count). The number of aromatic amines is 1. The van der Waals surface area contributed by atoms with Gasteiger partial charge in [0.05, 0.1) is 6.21 Å². The Morgan fingerprint density at radius 2 is 2.33 bits per heavy atom. The highest BCUT2D eigenvalue weighted by molar-refractivity contribution is 9.10. The average molecular weight is 346 g/mol. The number of ether oxygens (including phenoxy) is 1. The number of nitrogens with zero attached hydrogens (tertiary/aromatic N) is 1. The van der Waals surface area contributed by atoms with Gasteiger partial charge in [0.15, 0.2) is 0 Å². The highest BCUT2D eigenvalue weighted by atomic mass is 79.9. The van der Waals surface area contributed by atoms with Gasteiger partial charge in [-0.3, -0.25) is 4.79 Å². The topological polar surface area (TPSA) is 66.5 Å². The number of halogens is 1. The summed E-state index contributed by atoms with van der Waals surface area (Å²) in [6, 6.07) is 8.93. The number of hydrogen-bond acceptors (Lipinski definition) is 3. The smallest absolute Gasteiger partial charge is 0.287 e. The Morgan fingerprint density at radius 1 is 1.52 bits per heavy atom. The van der Waals surface area contributed by atoms with E-state index in [0.717, 1.165) is 10.0 Å². The van der Waals surface area contributed by atoms with Crippen LogP contribution >= 0.6 is 15.9 Å². The number of terminal acetylenes is 1. The molecule has 0 aliphatic heterocycles. The predicted octanol–water partition coefficient (Wildman–Crippen LogP) is 2.55. The second-order valence-electron chi connectivity index (χ2n) is 3.96. The lowest BCUT2D eigenvalue weighted by molar-refractivity contribution is 0.0951. The van der Waals surface area contributed by atoms with Crippen LogP contribution in [0.25, 0.3) is 0 Å². The molecule has 0 radical (unpaired) electrons. The lowest BCUT2D eigenvalue weighted by Crippen LogP contribution is -2.17. The van der Waals surface area contributed by atoms with Crippen molar-refractivity contribution in [1.82, 2.24) is 10.4 Å². The maximum absolute atomic E-state index is 11.8. The van der Waals surface area contributed by atoms with Crippen LogP contribution in [-0.2, 0) is 0 Å². The van der Waals surface area contributed by atoms with Gasteiger partial charge in [0.1, 0.15) is 18.1 Å². The first-order valence-electron chi connectivity index (χ1n) is 6.03. The van der Waals surface area contributed by atoms with E-state index in [1.165, 1.54) is 6.21 Å². The second kappa shape index (κ2) is 7.31. The van der Waals surface area contributed by atoms with Crippen LogP contribution in [0.1, 0.15) is 16.1 Å². The first-order valence-corrected chi connectivity index (χ1v) is 6.82. The van der Waals surface area contributed by atoms with Gasteiger partial charge < -0.3 is 9.72 Å². The van der Waals surface area contributed by atoms with E-state index >= 15 is 0 Å². The van der Waals surface area contributed by atoms with E-state index in [1.807, 2.05) is 18.2 Å². The molecule has 0 saturated carbocycles. The zero-order valence-corrected chi connectivity index (χ0v) is 12.6. The minimum atomic E-state index is -0.334. The van der Waals surface area contributed by atoms with Crippen molar-refractivity contribution >= 4 is 28.1 Å². The molecule has 0 aliphatic carbocycles. The number of carbonyl (C=O) groups excluding carboxylic acids is 1. The molecule has 1 heterocycles. The first kappa shape index (κ1) is 14.9. The fourth-order valence-corrected chi connectivity index (χ4v) is 1.90. The third-order valence-corrected chi connectivity index (χ3v) is 2.95. The summed E-state index contributed by atoms with van der Waals surface area (Å²) in [5.41, 5.74) is 3.56. The molecule has 1 amide bonds. The Kier molecular flexibility index (Phi) is 5.18. The predicted molar refractivity (Wildman–Crippen MR) is 84.3 cm³/mol. The third kappa shape index (κ3) is 4.23. The van der Waals surface area contributed by atoms with Gasteiger partial charge in [-0.25, -0.2) is 5.43 Å². The van der Waals surface area contributed by atoms with Gasteiger partial charge in [-0.2, -0.15) is 5.10 Å². The lowest BCUT2D eigenvalue weighted by atomic mass is 10.2. The fourth-order valence-electron chi connectivity index (χ4n) is 1.56. The van der Waals surface area contributed by atoms with Crippen molar-refractivity contribution in [1.29, 1.82) is 0 Å². The van der Waals surface area contributed by atoms with E-state index in [2.05, 4.69) is 37.4 Å². The SMILES string of the molecule is C#CCOc1ccccc1/C=N\NC(=O)c1cc(Br)c[nH]1. The summed E-state index contributed by atoms with van der Waals surface area (Å²) in [6.45, 7) is 0.174. The molecule has 0 spiro atoms. The molecule has 1 aromatic heterocycles. The van der Waals surface area contributed by atoms with Gasteiger partial charge in [0.25, 0.3) is 5.91 Å². The number of amides is 1. The first-order chi connectivity index (χ1) is 10.2. The summed E-state index contributed by atoms with van der Waals surface area (Å²) in [5, 5.41) is 3.90. The summed E-state index contributed by atoms with van der Waals surface area (Å²) in [6.07, 6.45) is 8.33. The number of nitrogens with one attached hydrogen (secondary N) is 2. The van der Waals surface area contributed by atoms with Crippen molar-refractivity contribution in [3.63, 3.8) is 0 Å². The van der Waals surface area contributed by atoms with E-state index in [0.29, 0.717) is 11.4 Å². The molecule has 5 nitrogen and oxygen atoms in total. The Balaban J connectivity index is 2.01. The van der Waals surface area contributed by atoms with Gasteiger partial charge in [-0.1, -0.05) is 18.1 Å². The van der Waals surface area contributed by atoms with E-state index in [4.69, 9.17) is 11.2 Å². The largest absolute Gasteiger partial charge is 0.480 e. The minimum absolute atomic E-state index is 0.174. The summed E-state index contributed by atoms with van der Waals surface area (Å²) < 4.78 is 6.18. The van der Waals surface area contributed by atoms with Gasteiger partial charge >= 0.3 is 0 Å². The molecule has 0 saturated heterocycles. The molecule has 1 aromatic carbocycles. The number of aromatic nitrogens is 1. The molecular formula is C15H12BrN3O2. The summed E-state index contributed by atoms with van der Waals surface area (Å²) in [7, 11) is 0. The molecule has 0 atom stereocenters. The molecule has 2 aromatic rings. The van der Waals surface area contributed by atoms with Gasteiger partial charge in [0.2, 0.25) is 0 Å². The van der Waals surface area contributed by atoms with Crippen molar-refractivity contribution < 1.29 is 9.53 Å². The normalized spacial score (nSPS) is 10.3. The molecule has 0 aliphatic rings. The zero-order valence-electron chi connectivity index (χ0n) is 11.0. The van der Waals surface area contributed by atoms with Crippen LogP contribution in [0.2, 0.25) is 0 Å². The van der Waals surface area contributed by atoms with Crippen LogP contribution < -0.4 is 10.2 Å². The van der Waals surface area contributed by atoms with Gasteiger partial charge in [0, 0.05) is 16.2 Å². The Labute approximate surface area is 130 Å². The Morgan fingerprint density at radius 3 is 3.05 bits per heavy atom. The highest BCUT2D eigenvalue weighted by Gasteiger charge is 2.06. The number of H-pyrrole nitrogens is 1. The van der Waals surface area contributed by atoms with E-state index in [9.17, 15) is 4.79 Å². The van der Waals surface area contributed by atoms with Crippen LogP contribution in [0.5, 0.6) is 5.75 Å². The van der Waals surface area contributed by atoms with Gasteiger partial charge in [-0.05, 0) is 34.1 Å². The number of hydrazone groups is 1. The number of hydrogen-bond donors (Lipinski definition) is 2. The molecule has 2 N–H and O–H groups in total. The third-order valence-electron chi connectivity index (χ3n) is 2.49. The lowest BCUT2D eigenvalue weighted by Gasteiger charge is -2.05. The van der Waals surface area contributed by atoms with E-state index in [-0.39, 0.29) is 12.5 Å². The monoisotopic (exact) mass is 345 g/mol. The summed E-state index contributed by atoms with van der Waals surface area (Å²) in [5.74, 6) is 2.67. The minimum Gasteiger partial charge on any atom is -0.480 e. The van der Waals surface area contributed by atoms with Crippen LogP contribution in [0.15, 0.2) is 46.1 Å². The maximum atomic E-state index is 11.8. The quantitative estimate of drug-likeness (QED) is 0.496. The van der Waals surface area contributed by atoms with Crippen molar-refractivity contribution in [2.45, 2.75) is 0 Å². The number of rotatable bonds is 5. The van der Waals surface area contributed by atoms with Crippen LogP contribution in [-0.4, -0.2) is 23.7 Å². The molecule has 6 heteroatoms. The average Bonchev–Trinajstić information content (AvgIpc) is 2.93. The van der Waals surface area contributed by atoms with Gasteiger partial charge in [-0.15, -0.1) is 6.42 Å². The maximum Gasteiger partial charge on any atom is 0.287 e. The van der Waals surface area contributed by atoms with Crippen LogP contribution in [0, 0.1) is 12.3 Å². The Hall–Kier alpha value is -2.52.